The first-order chi connectivity index (χ1) is 15.0. The molecule has 0 bridgehead atoms. The van der Waals surface area contributed by atoms with Crippen molar-refractivity contribution in [3.63, 3.8) is 0 Å². The van der Waals surface area contributed by atoms with Crippen molar-refractivity contribution in [3.05, 3.63) is 65.5 Å². The summed E-state index contributed by atoms with van der Waals surface area (Å²) < 4.78 is 45.4. The van der Waals surface area contributed by atoms with Gasteiger partial charge in [0.1, 0.15) is 11.3 Å². The monoisotopic (exact) mass is 449 g/mol. The molecule has 2 heterocycles. The maximum absolute atomic E-state index is 13.3. The van der Waals surface area contributed by atoms with Gasteiger partial charge >= 0.3 is 12.3 Å². The van der Waals surface area contributed by atoms with Gasteiger partial charge in [-0.1, -0.05) is 30.3 Å². The zero-order valence-corrected chi connectivity index (χ0v) is 18.1. The van der Waals surface area contributed by atoms with Gasteiger partial charge in [0, 0.05) is 31.2 Å². The van der Waals surface area contributed by atoms with Crippen LogP contribution in [0.4, 0.5) is 18.0 Å². The molecule has 1 saturated heterocycles. The van der Waals surface area contributed by atoms with Crippen molar-refractivity contribution in [2.24, 2.45) is 0 Å². The molecule has 0 saturated carbocycles. The molecule has 3 rings (SSSR count). The molecule has 0 spiro atoms. The summed E-state index contributed by atoms with van der Waals surface area (Å²) >= 11 is 0. The molecule has 9 heteroatoms. The first-order valence-corrected chi connectivity index (χ1v) is 10.3. The van der Waals surface area contributed by atoms with Crippen LogP contribution in [0.5, 0.6) is 0 Å². The van der Waals surface area contributed by atoms with Gasteiger partial charge in [-0.3, -0.25) is 9.78 Å². The zero-order chi connectivity index (χ0) is 23.5. The lowest BCUT2D eigenvalue weighted by molar-refractivity contribution is -0.138. The van der Waals surface area contributed by atoms with Crippen molar-refractivity contribution in [1.29, 1.82) is 0 Å². The Morgan fingerprint density at radius 2 is 1.78 bits per heavy atom. The number of carbonyl (C=O) groups is 2. The summed E-state index contributed by atoms with van der Waals surface area (Å²) in [5.74, 6) is -1.21. The maximum atomic E-state index is 13.3. The third kappa shape index (κ3) is 5.77. The number of likely N-dealkylation sites (tertiary alicyclic amines) is 1. The second-order valence-corrected chi connectivity index (χ2v) is 8.71. The molecule has 6 nitrogen and oxygen atoms in total. The molecule has 2 atom stereocenters. The van der Waals surface area contributed by atoms with Crippen LogP contribution in [0.3, 0.4) is 0 Å². The quantitative estimate of drug-likeness (QED) is 0.742. The van der Waals surface area contributed by atoms with Crippen LogP contribution in [0.2, 0.25) is 0 Å². The Morgan fingerprint density at radius 3 is 2.41 bits per heavy atom. The Hall–Kier alpha value is -3.10. The molecule has 1 fully saturated rings. The van der Waals surface area contributed by atoms with Gasteiger partial charge in [-0.15, -0.1) is 0 Å². The minimum Gasteiger partial charge on any atom is -0.444 e. The highest BCUT2D eigenvalue weighted by atomic mass is 19.4. The largest absolute Gasteiger partial charge is 0.444 e. The minimum absolute atomic E-state index is 0.262. The average molecular weight is 449 g/mol. The number of pyridine rings is 1. The molecular weight excluding hydrogens is 423 g/mol. The van der Waals surface area contributed by atoms with E-state index in [0.29, 0.717) is 13.0 Å². The molecule has 32 heavy (non-hydrogen) atoms. The summed E-state index contributed by atoms with van der Waals surface area (Å²) in [6, 6.07) is 10.7. The minimum atomic E-state index is -4.69. The fourth-order valence-electron chi connectivity index (χ4n) is 3.71. The van der Waals surface area contributed by atoms with Crippen LogP contribution >= 0.6 is 0 Å². The number of amides is 2. The van der Waals surface area contributed by atoms with E-state index in [0.717, 1.165) is 23.9 Å². The number of benzene rings is 1. The summed E-state index contributed by atoms with van der Waals surface area (Å²) in [5.41, 5.74) is -1.54. The summed E-state index contributed by atoms with van der Waals surface area (Å²) in [5, 5.41) is 2.72. The number of hydrogen-bond donors (Lipinski definition) is 1. The maximum Gasteiger partial charge on any atom is 0.418 e. The molecule has 1 aliphatic heterocycles. The molecule has 1 aromatic carbocycles. The van der Waals surface area contributed by atoms with E-state index in [4.69, 9.17) is 4.74 Å². The third-order valence-corrected chi connectivity index (χ3v) is 5.14. The predicted molar refractivity (Wildman–Crippen MR) is 112 cm³/mol. The summed E-state index contributed by atoms with van der Waals surface area (Å²) in [4.78, 5) is 30.6. The van der Waals surface area contributed by atoms with E-state index in [1.54, 1.807) is 25.7 Å². The Kier molecular flexibility index (Phi) is 6.76. The van der Waals surface area contributed by atoms with E-state index >= 15 is 0 Å². The van der Waals surface area contributed by atoms with Crippen molar-refractivity contribution in [1.82, 2.24) is 15.2 Å². The van der Waals surface area contributed by atoms with E-state index in [1.165, 1.54) is 0 Å². The number of halogens is 3. The molecule has 0 unspecified atom stereocenters. The van der Waals surface area contributed by atoms with Crippen LogP contribution in [0.25, 0.3) is 0 Å². The normalized spacial score (nSPS) is 19.4. The highest BCUT2D eigenvalue weighted by molar-refractivity contribution is 5.94. The van der Waals surface area contributed by atoms with Crippen molar-refractivity contribution in [2.45, 2.75) is 50.9 Å². The van der Waals surface area contributed by atoms with Crippen LogP contribution in [0, 0.1) is 0 Å². The number of ether oxygens (including phenoxy) is 1. The predicted octanol–water partition coefficient (Wildman–Crippen LogP) is 4.62. The first kappa shape index (κ1) is 23.6. The second kappa shape index (κ2) is 9.18. The Labute approximate surface area is 184 Å². The van der Waals surface area contributed by atoms with E-state index < -0.39 is 41.1 Å². The molecule has 2 amide bonds. The van der Waals surface area contributed by atoms with Gasteiger partial charge in [-0.05, 0) is 44.9 Å². The number of alkyl halides is 3. The van der Waals surface area contributed by atoms with E-state index in [9.17, 15) is 22.8 Å². The highest BCUT2D eigenvalue weighted by Gasteiger charge is 2.39. The molecule has 2 aromatic rings. The summed E-state index contributed by atoms with van der Waals surface area (Å²) in [6.07, 6.45) is -3.64. The van der Waals surface area contributed by atoms with Gasteiger partial charge in [-0.2, -0.15) is 13.2 Å². The number of piperidine rings is 1. The smallest absolute Gasteiger partial charge is 0.418 e. The van der Waals surface area contributed by atoms with Crippen molar-refractivity contribution >= 4 is 12.0 Å². The molecule has 1 N–H and O–H groups in total. The van der Waals surface area contributed by atoms with Gasteiger partial charge < -0.3 is 15.0 Å². The van der Waals surface area contributed by atoms with Crippen LogP contribution in [-0.2, 0) is 10.9 Å². The third-order valence-electron chi connectivity index (χ3n) is 5.14. The van der Waals surface area contributed by atoms with Crippen LogP contribution in [0.1, 0.15) is 54.7 Å². The summed E-state index contributed by atoms with van der Waals surface area (Å²) in [6.45, 7) is 5.89. The topological polar surface area (TPSA) is 71.5 Å². The number of hydrogen-bond acceptors (Lipinski definition) is 4. The lowest BCUT2D eigenvalue weighted by Crippen LogP contribution is -2.52. The van der Waals surface area contributed by atoms with Crippen LogP contribution in [0.15, 0.2) is 48.7 Å². The zero-order valence-electron chi connectivity index (χ0n) is 18.1. The number of rotatable bonds is 3. The fraction of sp³-hybridized carbons (Fsp3) is 0.435. The van der Waals surface area contributed by atoms with Gasteiger partial charge in [0.15, 0.2) is 0 Å². The number of nitrogens with zero attached hydrogens (tertiary/aromatic N) is 2. The average Bonchev–Trinajstić information content (AvgIpc) is 2.72. The van der Waals surface area contributed by atoms with E-state index in [1.807, 2.05) is 30.3 Å². The fourth-order valence-corrected chi connectivity index (χ4v) is 3.71. The van der Waals surface area contributed by atoms with E-state index in [2.05, 4.69) is 10.3 Å². The lowest BCUT2D eigenvalue weighted by atomic mass is 9.86. The van der Waals surface area contributed by atoms with Crippen LogP contribution < -0.4 is 5.32 Å². The molecule has 0 radical (unpaired) electrons. The van der Waals surface area contributed by atoms with Crippen LogP contribution in [-0.4, -0.2) is 46.6 Å². The van der Waals surface area contributed by atoms with E-state index in [-0.39, 0.29) is 12.5 Å². The van der Waals surface area contributed by atoms with Gasteiger partial charge in [0.25, 0.3) is 5.91 Å². The second-order valence-electron chi connectivity index (χ2n) is 8.71. The molecule has 1 aromatic heterocycles. The Morgan fingerprint density at radius 1 is 1.09 bits per heavy atom. The molecule has 172 valence electrons. The SMILES string of the molecule is CC(C)(C)OC(=O)N1CC[C@@H](NC(=O)c2ncccc2C(F)(F)F)[C@@H](c2ccccc2)C1. The number of nitrogens with one attached hydrogen (secondary N) is 1. The number of carbonyl (C=O) groups excluding carboxylic acids is 2. The Balaban J connectivity index is 1.83. The first-order valence-electron chi connectivity index (χ1n) is 10.3. The van der Waals surface area contributed by atoms with Gasteiger partial charge in [-0.25, -0.2) is 4.79 Å². The molecule has 1 aliphatic rings. The standard InChI is InChI=1S/C23H26F3N3O3/c1-22(2,3)32-21(31)29-13-11-18(16(14-29)15-8-5-4-6-9-15)28-20(30)19-17(23(24,25)26)10-7-12-27-19/h4-10,12,16,18H,11,13-14H2,1-3H3,(H,28,30)/t16-,18-/m1/s1. The van der Waals surface area contributed by atoms with Crippen molar-refractivity contribution in [2.75, 3.05) is 13.1 Å². The number of aromatic nitrogens is 1. The van der Waals surface area contributed by atoms with Gasteiger partial charge in [0.05, 0.1) is 5.56 Å². The van der Waals surface area contributed by atoms with Crippen molar-refractivity contribution in [3.8, 4) is 0 Å². The highest BCUT2D eigenvalue weighted by Crippen LogP contribution is 2.32. The van der Waals surface area contributed by atoms with Crippen molar-refractivity contribution < 1.29 is 27.5 Å². The Bertz CT molecular complexity index is 958. The molecular formula is C23H26F3N3O3. The van der Waals surface area contributed by atoms with Gasteiger partial charge in [0.2, 0.25) is 0 Å². The molecule has 0 aliphatic carbocycles. The summed E-state index contributed by atoms with van der Waals surface area (Å²) in [7, 11) is 0. The lowest BCUT2D eigenvalue weighted by Gasteiger charge is -2.39.